The van der Waals surface area contributed by atoms with E-state index < -0.39 is 53.7 Å². The molecule has 69 heavy (non-hydrogen) atoms. The smallest absolute Gasteiger partial charge is 0.257 e. The van der Waals surface area contributed by atoms with Crippen molar-refractivity contribution in [1.82, 2.24) is 25.0 Å². The second kappa shape index (κ2) is 20.5. The molecule has 4 aliphatic heterocycles. The van der Waals surface area contributed by atoms with Crippen molar-refractivity contribution in [3.8, 4) is 16.9 Å². The lowest BCUT2D eigenvalue weighted by molar-refractivity contribution is -0.139. The number of nitrogens with zero attached hydrogens (tertiary/aromatic N) is 5. The lowest BCUT2D eigenvalue weighted by atomic mass is 10.00. The van der Waals surface area contributed by atoms with Gasteiger partial charge in [-0.25, -0.2) is 9.37 Å². The standard InChI is InChI=1S/C49H49FN8O10S/c50-32-8-12-39(59)36(27-32)43(45(63)54-49-52-16-25-69-49)57-28-31-5-4-30(26-35(31)46(57)64)29-6-9-33(10-7-29)55-17-19-56(20-18-55)41(61)14-21-67-23-24-68-22-15-51-37-3-1-2-34-42(37)48(66)58(47(34)65)38-11-13-40(60)53-44(38)62/h1-10,12,16,25-27,38,43,48,51,59,66H,11,13-15,17-24,28H2,(H,52,54,63)(H,53,60,62). The number of benzene rings is 4. The number of anilines is 3. The number of piperidine rings is 1. The molecule has 1 aromatic heterocycles. The molecule has 2 saturated heterocycles. The number of halogens is 1. The third kappa shape index (κ3) is 10.0. The molecule has 9 rings (SSSR count). The van der Waals surface area contributed by atoms with Crippen molar-refractivity contribution in [1.29, 1.82) is 0 Å². The maximum atomic E-state index is 14.4. The summed E-state index contributed by atoms with van der Waals surface area (Å²) in [6, 6.07) is 19.5. The zero-order valence-corrected chi connectivity index (χ0v) is 38.1. The van der Waals surface area contributed by atoms with Crippen LogP contribution in [-0.4, -0.2) is 131 Å². The zero-order chi connectivity index (χ0) is 48.2. The molecular formula is C49H49FN8O10S. The molecule has 2 fully saturated rings. The number of aliphatic hydroxyl groups excluding tert-OH is 1. The molecule has 0 radical (unpaired) electrons. The van der Waals surface area contributed by atoms with Crippen LogP contribution in [0.15, 0.2) is 90.4 Å². The molecule has 6 amide bonds. The molecule has 5 N–H and O–H groups in total. The number of ether oxygens (including phenoxy) is 2. The van der Waals surface area contributed by atoms with Gasteiger partial charge in [0.05, 0.1) is 32.8 Å². The molecule has 3 unspecified atom stereocenters. The SMILES string of the molecule is O=C1CCC(N2C(=O)c3cccc(NCCOCCOCCC(=O)N4CCN(c5ccc(-c6ccc7c(c6)C(=O)N(C(C(=O)Nc6nccs6)c6cc(F)ccc6O)C7)cc5)CC4)c3C2O)C(=O)N1. The van der Waals surface area contributed by atoms with Gasteiger partial charge in [0, 0.05) is 90.9 Å². The predicted octanol–water partition coefficient (Wildman–Crippen LogP) is 4.43. The van der Waals surface area contributed by atoms with E-state index >= 15 is 0 Å². The van der Waals surface area contributed by atoms with Crippen LogP contribution in [0, 0.1) is 5.82 Å². The first-order valence-electron chi connectivity index (χ1n) is 22.6. The molecule has 4 aromatic carbocycles. The first-order chi connectivity index (χ1) is 33.4. The number of thiazole rings is 1. The Kier molecular flexibility index (Phi) is 13.9. The summed E-state index contributed by atoms with van der Waals surface area (Å²) in [4.78, 5) is 88.4. The maximum absolute atomic E-state index is 14.4. The molecule has 0 saturated carbocycles. The van der Waals surface area contributed by atoms with E-state index in [0.717, 1.165) is 39.9 Å². The third-order valence-electron chi connectivity index (χ3n) is 12.7. The summed E-state index contributed by atoms with van der Waals surface area (Å²) in [6.07, 6.45) is 0.635. The second-order valence-corrected chi connectivity index (χ2v) is 17.8. The largest absolute Gasteiger partial charge is 0.508 e. The molecule has 18 nitrogen and oxygen atoms in total. The lowest BCUT2D eigenvalue weighted by Crippen LogP contribution is -2.53. The van der Waals surface area contributed by atoms with Crippen LogP contribution >= 0.6 is 11.3 Å². The number of aromatic hydroxyl groups is 1. The highest BCUT2D eigenvalue weighted by Crippen LogP contribution is 2.40. The Bertz CT molecular complexity index is 2770. The molecule has 20 heteroatoms. The average Bonchev–Trinajstić information content (AvgIpc) is 4.05. The topological polar surface area (TPSA) is 223 Å². The second-order valence-electron chi connectivity index (χ2n) is 16.9. The summed E-state index contributed by atoms with van der Waals surface area (Å²) in [5.41, 5.74) is 4.92. The van der Waals surface area contributed by atoms with Gasteiger partial charge in [0.15, 0.2) is 11.4 Å². The fraction of sp³-hybridized carbons (Fsp3) is 0.327. The average molecular weight is 961 g/mol. The molecular weight excluding hydrogens is 912 g/mol. The summed E-state index contributed by atoms with van der Waals surface area (Å²) in [6.45, 7) is 4.00. The van der Waals surface area contributed by atoms with E-state index in [4.69, 9.17) is 9.47 Å². The minimum Gasteiger partial charge on any atom is -0.508 e. The fourth-order valence-corrected chi connectivity index (χ4v) is 9.71. The molecule has 5 aromatic rings. The van der Waals surface area contributed by atoms with Crippen LogP contribution in [0.25, 0.3) is 11.1 Å². The predicted molar refractivity (Wildman–Crippen MR) is 251 cm³/mol. The van der Waals surface area contributed by atoms with Crippen molar-refractivity contribution in [2.45, 2.75) is 44.1 Å². The number of amides is 6. The third-order valence-corrected chi connectivity index (χ3v) is 13.4. The number of carbonyl (C=O) groups excluding carboxylic acids is 6. The minimum absolute atomic E-state index is 0.00581. The van der Waals surface area contributed by atoms with Gasteiger partial charge in [-0.2, -0.15) is 0 Å². The number of aliphatic hydroxyl groups is 1. The van der Waals surface area contributed by atoms with E-state index in [1.807, 2.05) is 41.3 Å². The van der Waals surface area contributed by atoms with Gasteiger partial charge in [-0.15, -0.1) is 11.3 Å². The van der Waals surface area contributed by atoms with Crippen molar-refractivity contribution < 1.29 is 52.8 Å². The van der Waals surface area contributed by atoms with Gasteiger partial charge in [0.25, 0.3) is 17.7 Å². The first-order valence-corrected chi connectivity index (χ1v) is 23.5. The van der Waals surface area contributed by atoms with Crippen molar-refractivity contribution in [2.24, 2.45) is 0 Å². The van der Waals surface area contributed by atoms with Gasteiger partial charge >= 0.3 is 0 Å². The van der Waals surface area contributed by atoms with Crippen LogP contribution in [0.3, 0.4) is 0 Å². The van der Waals surface area contributed by atoms with E-state index in [-0.39, 0.29) is 55.2 Å². The first kappa shape index (κ1) is 46.8. The van der Waals surface area contributed by atoms with Gasteiger partial charge in [0.1, 0.15) is 23.7 Å². The summed E-state index contributed by atoms with van der Waals surface area (Å²) in [5, 5.41) is 31.9. The Morgan fingerprint density at radius 1 is 0.884 bits per heavy atom. The number of phenols is 1. The normalized spacial score (nSPS) is 18.3. The Morgan fingerprint density at radius 2 is 1.65 bits per heavy atom. The number of phenolic OH excluding ortho intramolecular Hbond substituents is 1. The van der Waals surface area contributed by atoms with E-state index in [0.29, 0.717) is 80.1 Å². The Balaban J connectivity index is 0.694. The van der Waals surface area contributed by atoms with Gasteiger partial charge in [0.2, 0.25) is 17.7 Å². The molecule has 3 atom stereocenters. The Hall–Kier alpha value is -7.26. The molecule has 4 aliphatic rings. The number of nitrogens with one attached hydrogen (secondary N) is 3. The van der Waals surface area contributed by atoms with Crippen LogP contribution in [0.4, 0.5) is 20.9 Å². The van der Waals surface area contributed by atoms with E-state index in [2.05, 4.69) is 25.8 Å². The van der Waals surface area contributed by atoms with Crippen LogP contribution in [0.1, 0.15) is 68.9 Å². The monoisotopic (exact) mass is 960 g/mol. The fourth-order valence-electron chi connectivity index (χ4n) is 9.17. The van der Waals surface area contributed by atoms with Gasteiger partial charge in [-0.05, 0) is 71.6 Å². The van der Waals surface area contributed by atoms with Gasteiger partial charge in [-0.3, -0.25) is 44.3 Å². The van der Waals surface area contributed by atoms with Crippen molar-refractivity contribution in [2.75, 3.05) is 74.7 Å². The van der Waals surface area contributed by atoms with E-state index in [9.17, 15) is 43.4 Å². The summed E-state index contributed by atoms with van der Waals surface area (Å²) in [7, 11) is 0. The number of fused-ring (bicyclic) bond motifs is 2. The van der Waals surface area contributed by atoms with Crippen LogP contribution in [0.5, 0.6) is 5.75 Å². The minimum atomic E-state index is -1.34. The molecule has 0 aliphatic carbocycles. The number of piperazine rings is 1. The Labute approximate surface area is 399 Å². The number of imide groups is 1. The molecule has 358 valence electrons. The zero-order valence-electron chi connectivity index (χ0n) is 37.3. The van der Waals surface area contributed by atoms with Gasteiger partial charge < -0.3 is 39.7 Å². The van der Waals surface area contributed by atoms with E-state index in [1.54, 1.807) is 29.6 Å². The van der Waals surface area contributed by atoms with Crippen LogP contribution in [0.2, 0.25) is 0 Å². The van der Waals surface area contributed by atoms with Gasteiger partial charge in [-0.1, -0.05) is 30.3 Å². The van der Waals surface area contributed by atoms with Crippen molar-refractivity contribution in [3.63, 3.8) is 0 Å². The van der Waals surface area contributed by atoms with Crippen molar-refractivity contribution >= 4 is 63.3 Å². The summed E-state index contributed by atoms with van der Waals surface area (Å²) >= 11 is 1.19. The number of rotatable bonds is 17. The number of aromatic nitrogens is 1. The summed E-state index contributed by atoms with van der Waals surface area (Å²) < 4.78 is 25.8. The Morgan fingerprint density at radius 3 is 2.41 bits per heavy atom. The highest BCUT2D eigenvalue weighted by molar-refractivity contribution is 7.13. The number of hydrogen-bond donors (Lipinski definition) is 5. The lowest BCUT2D eigenvalue weighted by Gasteiger charge is -2.36. The summed E-state index contributed by atoms with van der Waals surface area (Å²) in [5.74, 6) is -3.52. The molecule has 0 bridgehead atoms. The van der Waals surface area contributed by atoms with Crippen LogP contribution in [-0.2, 0) is 35.2 Å². The number of carbonyl (C=O) groups is 6. The highest BCUT2D eigenvalue weighted by Gasteiger charge is 2.45. The van der Waals surface area contributed by atoms with Crippen molar-refractivity contribution in [3.05, 3.63) is 124 Å². The molecule has 0 spiro atoms. The highest BCUT2D eigenvalue weighted by atomic mass is 32.1. The molecule has 5 heterocycles. The quantitative estimate of drug-likeness (QED) is 0.0644. The maximum Gasteiger partial charge on any atom is 0.257 e. The van der Waals surface area contributed by atoms with Crippen LogP contribution < -0.4 is 20.9 Å². The number of hydrogen-bond acceptors (Lipinski definition) is 14. The van der Waals surface area contributed by atoms with E-state index in [1.165, 1.54) is 22.4 Å².